The standard InChI is InChI=1S/C23H21N3O4/c1-17-5-4-6-19(13-17)16-30-21-11-9-18(10-12-21)15-24-25-23(27)14-20-7-2-3-8-22(20)26(28)29/h2-13,15H,14,16H2,1H3,(H,25,27)/b24-15+. The van der Waals surface area contributed by atoms with Crippen LogP contribution in [0, 0.1) is 17.0 Å². The molecule has 0 radical (unpaired) electrons. The summed E-state index contributed by atoms with van der Waals surface area (Å²) in [4.78, 5) is 22.5. The van der Waals surface area contributed by atoms with Gasteiger partial charge in [-0.1, -0.05) is 48.0 Å². The highest BCUT2D eigenvalue weighted by Gasteiger charge is 2.14. The Morgan fingerprint density at radius 1 is 1.10 bits per heavy atom. The molecule has 0 unspecified atom stereocenters. The van der Waals surface area contributed by atoms with Crippen molar-refractivity contribution in [1.29, 1.82) is 0 Å². The Morgan fingerprint density at radius 2 is 1.87 bits per heavy atom. The highest BCUT2D eigenvalue weighted by atomic mass is 16.6. The molecule has 3 aromatic rings. The maximum absolute atomic E-state index is 12.0. The first-order valence-corrected chi connectivity index (χ1v) is 9.34. The third-order valence-electron chi connectivity index (χ3n) is 4.31. The molecule has 0 atom stereocenters. The monoisotopic (exact) mass is 403 g/mol. The van der Waals surface area contributed by atoms with Crippen molar-refractivity contribution in [2.75, 3.05) is 0 Å². The van der Waals surface area contributed by atoms with E-state index in [9.17, 15) is 14.9 Å². The van der Waals surface area contributed by atoms with E-state index in [4.69, 9.17) is 4.74 Å². The highest BCUT2D eigenvalue weighted by Crippen LogP contribution is 2.18. The van der Waals surface area contributed by atoms with Gasteiger partial charge in [-0.05, 0) is 42.3 Å². The van der Waals surface area contributed by atoms with Crippen molar-refractivity contribution in [2.24, 2.45) is 5.10 Å². The Hall–Kier alpha value is -4.00. The van der Waals surface area contributed by atoms with Crippen LogP contribution in [0.4, 0.5) is 5.69 Å². The topological polar surface area (TPSA) is 93.8 Å². The van der Waals surface area contributed by atoms with Gasteiger partial charge in [0, 0.05) is 11.6 Å². The normalized spacial score (nSPS) is 10.7. The van der Waals surface area contributed by atoms with Crippen molar-refractivity contribution >= 4 is 17.8 Å². The number of hydrogen-bond donors (Lipinski definition) is 1. The lowest BCUT2D eigenvalue weighted by Crippen LogP contribution is -2.20. The van der Waals surface area contributed by atoms with Crippen molar-refractivity contribution in [3.05, 3.63) is 105 Å². The van der Waals surface area contributed by atoms with Crippen molar-refractivity contribution < 1.29 is 14.5 Å². The number of rotatable bonds is 8. The Labute approximate surface area is 174 Å². The van der Waals surface area contributed by atoms with Gasteiger partial charge in [0.05, 0.1) is 17.6 Å². The number of aryl methyl sites for hydroxylation is 1. The Morgan fingerprint density at radius 3 is 2.60 bits per heavy atom. The highest BCUT2D eigenvalue weighted by molar-refractivity contribution is 5.83. The lowest BCUT2D eigenvalue weighted by molar-refractivity contribution is -0.385. The third kappa shape index (κ3) is 6.00. The summed E-state index contributed by atoms with van der Waals surface area (Å²) >= 11 is 0. The Kier molecular flexibility index (Phi) is 6.89. The maximum atomic E-state index is 12.0. The molecule has 7 nitrogen and oxygen atoms in total. The van der Waals surface area contributed by atoms with Crippen molar-refractivity contribution in [1.82, 2.24) is 5.43 Å². The average Bonchev–Trinajstić information content (AvgIpc) is 2.73. The number of nitro benzene ring substituents is 1. The Bertz CT molecular complexity index is 1060. The zero-order valence-corrected chi connectivity index (χ0v) is 16.4. The summed E-state index contributed by atoms with van der Waals surface area (Å²) in [5, 5.41) is 14.9. The predicted molar refractivity (Wildman–Crippen MR) is 114 cm³/mol. The molecule has 0 aliphatic rings. The lowest BCUT2D eigenvalue weighted by atomic mass is 10.1. The summed E-state index contributed by atoms with van der Waals surface area (Å²) in [6, 6.07) is 21.6. The SMILES string of the molecule is Cc1cccc(COc2ccc(/C=N/NC(=O)Cc3ccccc3[N+](=O)[O-])cc2)c1. The molecule has 3 aromatic carbocycles. The number of hydrogen-bond acceptors (Lipinski definition) is 5. The minimum absolute atomic E-state index is 0.0853. The second kappa shape index (κ2) is 9.97. The Balaban J connectivity index is 1.50. The first kappa shape index (κ1) is 20.7. The fourth-order valence-electron chi connectivity index (χ4n) is 2.85. The number of carbonyl (C=O) groups excluding carboxylic acids is 1. The molecule has 1 N–H and O–H groups in total. The lowest BCUT2D eigenvalue weighted by Gasteiger charge is -2.07. The molecule has 0 bridgehead atoms. The van der Waals surface area contributed by atoms with E-state index >= 15 is 0 Å². The van der Waals surface area contributed by atoms with Gasteiger partial charge in [-0.2, -0.15) is 5.10 Å². The van der Waals surface area contributed by atoms with Gasteiger partial charge in [0.2, 0.25) is 5.91 Å². The zero-order valence-electron chi connectivity index (χ0n) is 16.4. The van der Waals surface area contributed by atoms with E-state index in [0.29, 0.717) is 12.2 Å². The van der Waals surface area contributed by atoms with Crippen LogP contribution >= 0.6 is 0 Å². The van der Waals surface area contributed by atoms with E-state index in [1.165, 1.54) is 17.8 Å². The molecular formula is C23H21N3O4. The summed E-state index contributed by atoms with van der Waals surface area (Å²) < 4.78 is 5.77. The molecule has 0 spiro atoms. The summed E-state index contributed by atoms with van der Waals surface area (Å²) in [7, 11) is 0. The molecule has 0 heterocycles. The number of nitrogens with one attached hydrogen (secondary N) is 1. The second-order valence-electron chi connectivity index (χ2n) is 6.70. The van der Waals surface area contributed by atoms with Crippen LogP contribution in [0.1, 0.15) is 22.3 Å². The van der Waals surface area contributed by atoms with Gasteiger partial charge in [0.25, 0.3) is 5.69 Å². The smallest absolute Gasteiger partial charge is 0.273 e. The molecule has 0 aliphatic heterocycles. The van der Waals surface area contributed by atoms with E-state index < -0.39 is 10.8 Å². The van der Waals surface area contributed by atoms with E-state index in [0.717, 1.165) is 16.9 Å². The van der Waals surface area contributed by atoms with Crippen LogP contribution in [0.5, 0.6) is 5.75 Å². The van der Waals surface area contributed by atoms with Gasteiger partial charge in [-0.15, -0.1) is 0 Å². The van der Waals surface area contributed by atoms with Crippen molar-refractivity contribution in [3.63, 3.8) is 0 Å². The van der Waals surface area contributed by atoms with Crippen molar-refractivity contribution in [3.8, 4) is 5.75 Å². The molecule has 1 amide bonds. The zero-order chi connectivity index (χ0) is 21.3. The van der Waals surface area contributed by atoms with Crippen LogP contribution in [0.3, 0.4) is 0 Å². The fraction of sp³-hybridized carbons (Fsp3) is 0.130. The van der Waals surface area contributed by atoms with Crippen LogP contribution in [0.25, 0.3) is 0 Å². The molecule has 0 aromatic heterocycles. The van der Waals surface area contributed by atoms with Gasteiger partial charge in [0.15, 0.2) is 0 Å². The fourth-order valence-corrected chi connectivity index (χ4v) is 2.85. The minimum Gasteiger partial charge on any atom is -0.489 e. The van der Waals surface area contributed by atoms with E-state index in [1.54, 1.807) is 18.2 Å². The minimum atomic E-state index is -0.505. The van der Waals surface area contributed by atoms with Crippen molar-refractivity contribution in [2.45, 2.75) is 20.0 Å². The average molecular weight is 403 g/mol. The number of nitrogens with zero attached hydrogens (tertiary/aromatic N) is 2. The van der Waals surface area contributed by atoms with E-state index in [-0.39, 0.29) is 12.1 Å². The van der Waals surface area contributed by atoms with Crippen LogP contribution in [-0.4, -0.2) is 17.0 Å². The van der Waals surface area contributed by atoms with Gasteiger partial charge in [-0.25, -0.2) is 5.43 Å². The number of ether oxygens (including phenoxy) is 1. The van der Waals surface area contributed by atoms with E-state index in [2.05, 4.69) is 16.6 Å². The number of nitro groups is 1. The predicted octanol–water partition coefficient (Wildman–Crippen LogP) is 4.18. The molecule has 0 saturated heterocycles. The summed E-state index contributed by atoms with van der Waals surface area (Å²) in [5.74, 6) is 0.299. The summed E-state index contributed by atoms with van der Waals surface area (Å²) in [6.07, 6.45) is 1.38. The first-order valence-electron chi connectivity index (χ1n) is 9.34. The molecule has 152 valence electrons. The van der Waals surface area contributed by atoms with Gasteiger partial charge >= 0.3 is 0 Å². The summed E-state index contributed by atoms with van der Waals surface area (Å²) in [5.41, 5.74) is 5.71. The molecule has 7 heteroatoms. The number of para-hydroxylation sites is 1. The van der Waals surface area contributed by atoms with Crippen LogP contribution in [0.2, 0.25) is 0 Å². The molecule has 3 rings (SSSR count). The quantitative estimate of drug-likeness (QED) is 0.347. The van der Waals surface area contributed by atoms with Crippen LogP contribution in [0.15, 0.2) is 77.9 Å². The second-order valence-corrected chi connectivity index (χ2v) is 6.70. The number of hydrazone groups is 1. The third-order valence-corrected chi connectivity index (χ3v) is 4.31. The molecule has 0 aliphatic carbocycles. The molecule has 0 fully saturated rings. The molecule has 30 heavy (non-hydrogen) atoms. The van der Waals surface area contributed by atoms with Crippen LogP contribution in [-0.2, 0) is 17.8 Å². The molecular weight excluding hydrogens is 382 g/mol. The number of benzene rings is 3. The molecule has 0 saturated carbocycles. The van der Waals surface area contributed by atoms with E-state index in [1.807, 2.05) is 49.4 Å². The first-order chi connectivity index (χ1) is 14.5. The van der Waals surface area contributed by atoms with Gasteiger partial charge in [0.1, 0.15) is 12.4 Å². The van der Waals surface area contributed by atoms with Gasteiger partial charge in [-0.3, -0.25) is 14.9 Å². The van der Waals surface area contributed by atoms with Gasteiger partial charge < -0.3 is 4.74 Å². The van der Waals surface area contributed by atoms with Crippen LogP contribution < -0.4 is 10.2 Å². The summed E-state index contributed by atoms with van der Waals surface area (Å²) in [6.45, 7) is 2.52. The largest absolute Gasteiger partial charge is 0.489 e. The maximum Gasteiger partial charge on any atom is 0.273 e. The number of carbonyl (C=O) groups is 1. The number of amides is 1.